The Morgan fingerprint density at radius 3 is 2.81 bits per heavy atom. The highest BCUT2D eigenvalue weighted by Gasteiger charge is 2.40. The Labute approximate surface area is 121 Å². The lowest BCUT2D eigenvalue weighted by Crippen LogP contribution is -2.20. The van der Waals surface area contributed by atoms with E-state index in [4.69, 9.17) is 5.73 Å². The summed E-state index contributed by atoms with van der Waals surface area (Å²) in [5, 5.41) is 8.46. The van der Waals surface area contributed by atoms with Crippen LogP contribution in [0.25, 0.3) is 22.3 Å². The first-order valence-electron chi connectivity index (χ1n) is 7.05. The molecule has 3 N–H and O–H groups in total. The first-order valence-corrected chi connectivity index (χ1v) is 7.05. The fourth-order valence-electron chi connectivity index (χ4n) is 2.80. The van der Waals surface area contributed by atoms with Gasteiger partial charge in [-0.05, 0) is 31.0 Å². The van der Waals surface area contributed by atoms with E-state index in [0.29, 0.717) is 0 Å². The van der Waals surface area contributed by atoms with E-state index in [-0.39, 0.29) is 5.41 Å². The number of aromatic amines is 1. The zero-order chi connectivity index (χ0) is 14.6. The van der Waals surface area contributed by atoms with Crippen molar-refractivity contribution < 1.29 is 4.79 Å². The molecule has 0 bridgehead atoms. The summed E-state index contributed by atoms with van der Waals surface area (Å²) in [6.07, 6.45) is 2.35. The van der Waals surface area contributed by atoms with Gasteiger partial charge in [0.05, 0.1) is 11.2 Å². The van der Waals surface area contributed by atoms with Crippen LogP contribution in [0.1, 0.15) is 25.5 Å². The average Bonchev–Trinajstić information content (AvgIpc) is 2.95. The van der Waals surface area contributed by atoms with Crippen LogP contribution >= 0.6 is 0 Å². The quantitative estimate of drug-likeness (QED) is 0.757. The molecule has 1 fully saturated rings. The van der Waals surface area contributed by atoms with Gasteiger partial charge in [0.25, 0.3) is 0 Å². The third kappa shape index (κ3) is 1.77. The van der Waals surface area contributed by atoms with Crippen molar-refractivity contribution in [3.05, 3.63) is 42.1 Å². The summed E-state index contributed by atoms with van der Waals surface area (Å²) >= 11 is 0. The molecule has 2 aromatic heterocycles. The normalized spacial score (nSPS) is 16.2. The number of nitrogens with zero attached hydrogens (tertiary/aromatic N) is 2. The van der Waals surface area contributed by atoms with E-state index in [1.54, 1.807) is 0 Å². The number of carbonyl (C=O) groups excluding carboxylic acids is 1. The highest BCUT2D eigenvalue weighted by molar-refractivity contribution is 5.96. The lowest BCUT2D eigenvalue weighted by atomic mass is 10.1. The second kappa shape index (κ2) is 3.97. The minimum atomic E-state index is -0.492. The molecule has 1 saturated carbocycles. The third-order valence-corrected chi connectivity index (χ3v) is 4.42. The molecule has 0 saturated heterocycles. The van der Waals surface area contributed by atoms with E-state index in [9.17, 15) is 4.79 Å². The van der Waals surface area contributed by atoms with Crippen LogP contribution in [0.3, 0.4) is 0 Å². The molecule has 0 aliphatic heterocycles. The summed E-state index contributed by atoms with van der Waals surface area (Å²) in [5.41, 5.74) is 9.19. The van der Waals surface area contributed by atoms with E-state index >= 15 is 0 Å². The average molecular weight is 280 g/mol. The Kier molecular flexibility index (Phi) is 2.31. The van der Waals surface area contributed by atoms with Gasteiger partial charge in [-0.25, -0.2) is 4.79 Å². The van der Waals surface area contributed by atoms with Crippen molar-refractivity contribution in [3.63, 3.8) is 0 Å². The van der Waals surface area contributed by atoms with Crippen LogP contribution in [-0.2, 0) is 5.41 Å². The van der Waals surface area contributed by atoms with E-state index in [1.165, 1.54) is 17.4 Å². The van der Waals surface area contributed by atoms with Gasteiger partial charge >= 0.3 is 6.03 Å². The SMILES string of the molecule is CC1(c2cc(-c3cc4ccccc4n3C(N)=O)n[nH]2)CC1. The summed E-state index contributed by atoms with van der Waals surface area (Å²) < 4.78 is 1.52. The molecule has 1 amide bonds. The van der Waals surface area contributed by atoms with Gasteiger partial charge in [-0.1, -0.05) is 25.1 Å². The lowest BCUT2D eigenvalue weighted by molar-refractivity contribution is 0.251. The lowest BCUT2D eigenvalue weighted by Gasteiger charge is -2.04. The molecule has 106 valence electrons. The predicted octanol–water partition coefficient (Wildman–Crippen LogP) is 3.01. The summed E-state index contributed by atoms with van der Waals surface area (Å²) in [4.78, 5) is 11.8. The van der Waals surface area contributed by atoms with Gasteiger partial charge in [0, 0.05) is 16.5 Å². The minimum Gasteiger partial charge on any atom is -0.351 e. The van der Waals surface area contributed by atoms with E-state index in [1.807, 2.05) is 36.4 Å². The highest BCUT2D eigenvalue weighted by atomic mass is 16.2. The van der Waals surface area contributed by atoms with Crippen LogP contribution < -0.4 is 5.73 Å². The summed E-state index contributed by atoms with van der Waals surface area (Å²) in [6, 6.07) is 11.2. The van der Waals surface area contributed by atoms with Gasteiger partial charge in [0.2, 0.25) is 0 Å². The van der Waals surface area contributed by atoms with Crippen molar-refractivity contribution >= 4 is 16.9 Å². The Balaban J connectivity index is 1.91. The van der Waals surface area contributed by atoms with Gasteiger partial charge in [-0.3, -0.25) is 9.67 Å². The summed E-state index contributed by atoms with van der Waals surface area (Å²) in [7, 11) is 0. The van der Waals surface area contributed by atoms with Crippen molar-refractivity contribution in [3.8, 4) is 11.4 Å². The number of hydrogen-bond acceptors (Lipinski definition) is 2. The van der Waals surface area contributed by atoms with Gasteiger partial charge in [-0.2, -0.15) is 5.10 Å². The van der Waals surface area contributed by atoms with Crippen LogP contribution in [0.4, 0.5) is 4.79 Å². The number of nitrogens with one attached hydrogen (secondary N) is 1. The van der Waals surface area contributed by atoms with Gasteiger partial charge in [0.1, 0.15) is 5.69 Å². The topological polar surface area (TPSA) is 76.7 Å². The maximum Gasteiger partial charge on any atom is 0.323 e. The molecule has 0 spiro atoms. The number of amides is 1. The smallest absolute Gasteiger partial charge is 0.323 e. The molecule has 3 aromatic rings. The molecule has 5 heteroatoms. The molecule has 1 aliphatic carbocycles. The largest absolute Gasteiger partial charge is 0.351 e. The van der Waals surface area contributed by atoms with Gasteiger partial charge in [-0.15, -0.1) is 0 Å². The molecular formula is C16H16N4O. The Hall–Kier alpha value is -2.56. The minimum absolute atomic E-state index is 0.217. The number of H-pyrrole nitrogens is 1. The van der Waals surface area contributed by atoms with Crippen LogP contribution in [0.5, 0.6) is 0 Å². The van der Waals surface area contributed by atoms with Gasteiger partial charge in [0.15, 0.2) is 0 Å². The number of fused-ring (bicyclic) bond motifs is 1. The van der Waals surface area contributed by atoms with Crippen LogP contribution in [0, 0.1) is 0 Å². The van der Waals surface area contributed by atoms with Crippen molar-refractivity contribution in [2.45, 2.75) is 25.2 Å². The number of primary amides is 1. The molecule has 1 aromatic carbocycles. The zero-order valence-electron chi connectivity index (χ0n) is 11.8. The molecule has 4 rings (SSSR count). The Morgan fingerprint density at radius 1 is 1.33 bits per heavy atom. The fraction of sp³-hybridized carbons (Fsp3) is 0.250. The number of carbonyl (C=O) groups is 1. The van der Waals surface area contributed by atoms with Crippen LogP contribution in [0.2, 0.25) is 0 Å². The molecule has 5 nitrogen and oxygen atoms in total. The number of nitrogens with two attached hydrogens (primary N) is 1. The molecule has 0 radical (unpaired) electrons. The molecular weight excluding hydrogens is 264 g/mol. The predicted molar refractivity (Wildman–Crippen MR) is 81.1 cm³/mol. The van der Waals surface area contributed by atoms with E-state index in [2.05, 4.69) is 17.1 Å². The standard InChI is InChI=1S/C16H16N4O/c1-16(6-7-16)14-9-11(18-19-14)13-8-10-4-2-3-5-12(10)20(13)15(17)21/h2-5,8-9H,6-7H2,1H3,(H2,17,21)(H,18,19). The molecule has 0 unspecified atom stereocenters. The zero-order valence-corrected chi connectivity index (χ0v) is 11.8. The second-order valence-corrected chi connectivity index (χ2v) is 5.99. The number of rotatable bonds is 2. The molecule has 2 heterocycles. The second-order valence-electron chi connectivity index (χ2n) is 5.99. The highest BCUT2D eigenvalue weighted by Crippen LogP contribution is 2.47. The van der Waals surface area contributed by atoms with Crippen molar-refractivity contribution in [2.75, 3.05) is 0 Å². The van der Waals surface area contributed by atoms with Crippen molar-refractivity contribution in [1.82, 2.24) is 14.8 Å². The maximum absolute atomic E-state index is 11.8. The van der Waals surface area contributed by atoms with E-state index < -0.39 is 6.03 Å². The van der Waals surface area contributed by atoms with E-state index in [0.717, 1.165) is 28.0 Å². The molecule has 1 aliphatic rings. The fourth-order valence-corrected chi connectivity index (χ4v) is 2.80. The first kappa shape index (κ1) is 12.2. The first-order chi connectivity index (χ1) is 10.1. The van der Waals surface area contributed by atoms with Crippen LogP contribution in [-0.4, -0.2) is 20.8 Å². The van der Waals surface area contributed by atoms with Crippen molar-refractivity contribution in [1.29, 1.82) is 0 Å². The number of benzene rings is 1. The number of para-hydroxylation sites is 1. The Bertz CT molecular complexity index is 854. The monoisotopic (exact) mass is 280 g/mol. The summed E-state index contributed by atoms with van der Waals surface area (Å²) in [5.74, 6) is 0. The number of aromatic nitrogens is 3. The molecule has 0 atom stereocenters. The van der Waals surface area contributed by atoms with Gasteiger partial charge < -0.3 is 5.73 Å². The maximum atomic E-state index is 11.8. The van der Waals surface area contributed by atoms with Crippen molar-refractivity contribution in [2.24, 2.45) is 5.73 Å². The Morgan fingerprint density at radius 2 is 2.10 bits per heavy atom. The number of hydrogen-bond donors (Lipinski definition) is 2. The summed E-state index contributed by atoms with van der Waals surface area (Å²) in [6.45, 7) is 2.22. The van der Waals surface area contributed by atoms with Crippen LogP contribution in [0.15, 0.2) is 36.4 Å². The molecule has 21 heavy (non-hydrogen) atoms. The third-order valence-electron chi connectivity index (χ3n) is 4.42.